The van der Waals surface area contributed by atoms with E-state index in [2.05, 4.69) is 10.4 Å². The lowest BCUT2D eigenvalue weighted by atomic mass is 10.2. The molecule has 1 aromatic heterocycles. The van der Waals surface area contributed by atoms with Crippen molar-refractivity contribution >= 4 is 5.91 Å². The number of carbonyl (C=O) groups is 1. The minimum atomic E-state index is -0.129. The quantitative estimate of drug-likeness (QED) is 0.859. The molecule has 0 aliphatic heterocycles. The Morgan fingerprint density at radius 3 is 2.95 bits per heavy atom. The number of ether oxygens (including phenoxy) is 1. The van der Waals surface area contributed by atoms with Gasteiger partial charge in [0.1, 0.15) is 5.75 Å². The van der Waals surface area contributed by atoms with Gasteiger partial charge in [-0.3, -0.25) is 9.48 Å². The summed E-state index contributed by atoms with van der Waals surface area (Å²) >= 11 is 0. The second-order valence-electron chi connectivity index (χ2n) is 3.95. The van der Waals surface area contributed by atoms with Crippen molar-refractivity contribution in [2.45, 2.75) is 13.5 Å². The topological polar surface area (TPSA) is 56.1 Å². The van der Waals surface area contributed by atoms with E-state index < -0.39 is 0 Å². The van der Waals surface area contributed by atoms with Gasteiger partial charge in [0.15, 0.2) is 0 Å². The van der Waals surface area contributed by atoms with Gasteiger partial charge in [-0.2, -0.15) is 5.10 Å². The van der Waals surface area contributed by atoms with Crippen molar-refractivity contribution in [3.05, 3.63) is 48.3 Å². The third kappa shape index (κ3) is 3.58. The number of nitrogens with zero attached hydrogens (tertiary/aromatic N) is 2. The Morgan fingerprint density at radius 1 is 1.37 bits per heavy atom. The van der Waals surface area contributed by atoms with Crippen LogP contribution >= 0.6 is 0 Å². The number of rotatable bonds is 6. The van der Waals surface area contributed by atoms with E-state index in [0.29, 0.717) is 31.0 Å². The highest BCUT2D eigenvalue weighted by atomic mass is 16.5. The van der Waals surface area contributed by atoms with Crippen LogP contribution < -0.4 is 10.1 Å². The summed E-state index contributed by atoms with van der Waals surface area (Å²) in [5.74, 6) is 0.484. The molecule has 0 saturated carbocycles. The van der Waals surface area contributed by atoms with Crippen LogP contribution in [0.4, 0.5) is 0 Å². The maximum atomic E-state index is 12.0. The van der Waals surface area contributed by atoms with E-state index in [1.165, 1.54) is 0 Å². The van der Waals surface area contributed by atoms with Crippen LogP contribution in [0, 0.1) is 0 Å². The van der Waals surface area contributed by atoms with E-state index >= 15 is 0 Å². The van der Waals surface area contributed by atoms with Gasteiger partial charge < -0.3 is 10.1 Å². The largest absolute Gasteiger partial charge is 0.493 e. The summed E-state index contributed by atoms with van der Waals surface area (Å²) in [6.07, 6.45) is 3.58. The lowest BCUT2D eigenvalue weighted by molar-refractivity contribution is 0.0948. The summed E-state index contributed by atoms with van der Waals surface area (Å²) < 4.78 is 7.20. The summed E-state index contributed by atoms with van der Waals surface area (Å²) in [5.41, 5.74) is 0.560. The molecule has 0 aliphatic rings. The van der Waals surface area contributed by atoms with Gasteiger partial charge in [0.05, 0.1) is 18.7 Å². The molecule has 1 aromatic carbocycles. The van der Waals surface area contributed by atoms with Gasteiger partial charge in [-0.05, 0) is 25.1 Å². The molecule has 0 saturated heterocycles. The molecule has 1 N–H and O–H groups in total. The first-order chi connectivity index (χ1) is 9.31. The molecule has 19 heavy (non-hydrogen) atoms. The van der Waals surface area contributed by atoms with Crippen molar-refractivity contribution in [1.82, 2.24) is 15.1 Å². The fourth-order valence-corrected chi connectivity index (χ4v) is 1.75. The fraction of sp³-hybridized carbons (Fsp3) is 0.286. The summed E-state index contributed by atoms with van der Waals surface area (Å²) in [6, 6.07) is 9.09. The Morgan fingerprint density at radius 2 is 2.21 bits per heavy atom. The molecule has 0 spiro atoms. The number of carbonyl (C=O) groups excluding carboxylic acids is 1. The van der Waals surface area contributed by atoms with Crippen molar-refractivity contribution in [1.29, 1.82) is 0 Å². The minimum Gasteiger partial charge on any atom is -0.493 e. The van der Waals surface area contributed by atoms with Gasteiger partial charge in [0.2, 0.25) is 0 Å². The third-order valence-electron chi connectivity index (χ3n) is 2.62. The predicted molar refractivity (Wildman–Crippen MR) is 72.2 cm³/mol. The number of amides is 1. The number of hydrogen-bond donors (Lipinski definition) is 1. The molecule has 0 bridgehead atoms. The zero-order valence-corrected chi connectivity index (χ0v) is 10.9. The number of para-hydroxylation sites is 1. The summed E-state index contributed by atoms with van der Waals surface area (Å²) in [5, 5.41) is 6.93. The molecule has 2 rings (SSSR count). The van der Waals surface area contributed by atoms with E-state index in [-0.39, 0.29) is 5.91 Å². The van der Waals surface area contributed by atoms with Gasteiger partial charge >= 0.3 is 0 Å². The van der Waals surface area contributed by atoms with Crippen molar-refractivity contribution in [2.24, 2.45) is 0 Å². The zero-order valence-electron chi connectivity index (χ0n) is 10.9. The van der Waals surface area contributed by atoms with Crippen molar-refractivity contribution in [3.63, 3.8) is 0 Å². The monoisotopic (exact) mass is 259 g/mol. The number of benzene rings is 1. The van der Waals surface area contributed by atoms with Crippen LogP contribution in [0.25, 0.3) is 0 Å². The fourth-order valence-electron chi connectivity index (χ4n) is 1.75. The second kappa shape index (κ2) is 6.58. The van der Waals surface area contributed by atoms with Crippen molar-refractivity contribution in [3.8, 4) is 5.75 Å². The Balaban J connectivity index is 1.92. The summed E-state index contributed by atoms with van der Waals surface area (Å²) in [7, 11) is 0. The Kier molecular flexibility index (Phi) is 4.55. The van der Waals surface area contributed by atoms with Crippen molar-refractivity contribution < 1.29 is 9.53 Å². The molecule has 0 atom stereocenters. The lowest BCUT2D eigenvalue weighted by Crippen LogP contribution is -2.27. The standard InChI is InChI=1S/C14H17N3O2/c1-2-19-13-7-4-3-6-12(13)14(18)15-9-11-17-10-5-8-16-17/h3-8,10H,2,9,11H2,1H3,(H,15,18). The Hall–Kier alpha value is -2.30. The third-order valence-corrected chi connectivity index (χ3v) is 2.62. The van der Waals surface area contributed by atoms with Crippen LogP contribution in [0.3, 0.4) is 0 Å². The van der Waals surface area contributed by atoms with Gasteiger partial charge in [0.25, 0.3) is 5.91 Å². The van der Waals surface area contributed by atoms with Crippen LogP contribution in [0.1, 0.15) is 17.3 Å². The SMILES string of the molecule is CCOc1ccccc1C(=O)NCCn1cccn1. The summed E-state index contributed by atoms with van der Waals surface area (Å²) in [4.78, 5) is 12.0. The van der Waals surface area contributed by atoms with Crippen LogP contribution in [0.15, 0.2) is 42.7 Å². The van der Waals surface area contributed by atoms with Crippen LogP contribution in [-0.2, 0) is 6.54 Å². The molecule has 0 aliphatic carbocycles. The normalized spacial score (nSPS) is 10.2. The smallest absolute Gasteiger partial charge is 0.255 e. The minimum absolute atomic E-state index is 0.129. The molecule has 1 heterocycles. The summed E-state index contributed by atoms with van der Waals surface area (Å²) in [6.45, 7) is 3.61. The predicted octanol–water partition coefficient (Wildman–Crippen LogP) is 1.71. The molecule has 5 nitrogen and oxygen atoms in total. The van der Waals surface area contributed by atoms with E-state index in [1.807, 2.05) is 31.3 Å². The van der Waals surface area contributed by atoms with E-state index in [4.69, 9.17) is 4.74 Å². The molecule has 5 heteroatoms. The van der Waals surface area contributed by atoms with E-state index in [9.17, 15) is 4.79 Å². The first-order valence-corrected chi connectivity index (χ1v) is 6.28. The van der Waals surface area contributed by atoms with Gasteiger partial charge in [0, 0.05) is 18.9 Å². The highest BCUT2D eigenvalue weighted by Crippen LogP contribution is 2.17. The Bertz CT molecular complexity index is 523. The average Bonchev–Trinajstić information content (AvgIpc) is 2.93. The molecular weight excluding hydrogens is 242 g/mol. The van der Waals surface area contributed by atoms with E-state index in [0.717, 1.165) is 0 Å². The van der Waals surface area contributed by atoms with Crippen molar-refractivity contribution in [2.75, 3.05) is 13.2 Å². The van der Waals surface area contributed by atoms with Gasteiger partial charge in [-0.15, -0.1) is 0 Å². The first kappa shape index (κ1) is 13.1. The van der Waals surface area contributed by atoms with E-state index in [1.54, 1.807) is 23.0 Å². The maximum Gasteiger partial charge on any atom is 0.255 e. The molecule has 0 unspecified atom stereocenters. The Labute approximate surface area is 112 Å². The van der Waals surface area contributed by atoms with Gasteiger partial charge in [-0.25, -0.2) is 0 Å². The van der Waals surface area contributed by atoms with Gasteiger partial charge in [-0.1, -0.05) is 12.1 Å². The highest BCUT2D eigenvalue weighted by molar-refractivity contribution is 5.96. The molecule has 0 radical (unpaired) electrons. The zero-order chi connectivity index (χ0) is 13.5. The average molecular weight is 259 g/mol. The second-order valence-corrected chi connectivity index (χ2v) is 3.95. The number of hydrogen-bond acceptors (Lipinski definition) is 3. The molecule has 2 aromatic rings. The van der Waals surface area contributed by atoms with Crippen LogP contribution in [0.5, 0.6) is 5.75 Å². The number of aromatic nitrogens is 2. The maximum absolute atomic E-state index is 12.0. The molecule has 1 amide bonds. The lowest BCUT2D eigenvalue weighted by Gasteiger charge is -2.10. The first-order valence-electron chi connectivity index (χ1n) is 6.28. The molecular formula is C14H17N3O2. The van der Waals surface area contributed by atoms with Crippen LogP contribution in [-0.4, -0.2) is 28.8 Å². The highest BCUT2D eigenvalue weighted by Gasteiger charge is 2.10. The molecule has 0 fully saturated rings. The molecule has 100 valence electrons. The van der Waals surface area contributed by atoms with Crippen LogP contribution in [0.2, 0.25) is 0 Å². The number of nitrogens with one attached hydrogen (secondary N) is 1.